The molecule has 1 aliphatic heterocycles. The number of aromatic nitrogens is 2. The fraction of sp³-hybridized carbons (Fsp3) is 0.389. The first-order valence-electron chi connectivity index (χ1n) is 8.42. The third-order valence-electron chi connectivity index (χ3n) is 4.13. The molecule has 3 rings (SSSR count). The van der Waals surface area contributed by atoms with Crippen LogP contribution in [0.15, 0.2) is 52.2 Å². The Bertz CT molecular complexity index is 892. The minimum absolute atomic E-state index is 0.299. The maximum absolute atomic E-state index is 12.5. The van der Waals surface area contributed by atoms with Crippen molar-refractivity contribution < 1.29 is 23.7 Å². The van der Waals surface area contributed by atoms with Gasteiger partial charge in [-0.2, -0.15) is 0 Å². The second kappa shape index (κ2) is 8.30. The largest absolute Gasteiger partial charge is 0.450 e. The van der Waals surface area contributed by atoms with Crippen LogP contribution < -0.4 is 11.2 Å². The van der Waals surface area contributed by atoms with Gasteiger partial charge >= 0.3 is 11.7 Å². The van der Waals surface area contributed by atoms with Gasteiger partial charge in [0.05, 0.1) is 5.56 Å². The first-order valence-corrected chi connectivity index (χ1v) is 8.42. The number of carbonyl (C=O) groups is 1. The monoisotopic (exact) mass is 376 g/mol. The lowest BCUT2D eigenvalue weighted by Gasteiger charge is -2.23. The molecule has 2 heterocycles. The summed E-state index contributed by atoms with van der Waals surface area (Å²) in [5.41, 5.74) is -0.830. The Morgan fingerprint density at radius 3 is 2.56 bits per heavy atom. The summed E-state index contributed by atoms with van der Waals surface area (Å²) in [6, 6.07) is 9.67. The number of hydrogen-bond acceptors (Lipinski definition) is 7. The van der Waals surface area contributed by atoms with Crippen LogP contribution in [0.5, 0.6) is 0 Å². The predicted octanol–water partition coefficient (Wildman–Crippen LogP) is 0.669. The topological polar surface area (TPSA) is 109 Å². The number of carbonyl (C=O) groups excluding carboxylic acids is 1. The molecule has 0 bridgehead atoms. The van der Waals surface area contributed by atoms with E-state index < -0.39 is 41.9 Å². The number of hydrogen-bond donors (Lipinski definition) is 1. The molecule has 9 nitrogen and oxygen atoms in total. The quantitative estimate of drug-likeness (QED) is 0.738. The van der Waals surface area contributed by atoms with Crippen molar-refractivity contribution in [2.45, 2.75) is 31.6 Å². The van der Waals surface area contributed by atoms with Crippen LogP contribution in [-0.4, -0.2) is 47.7 Å². The van der Waals surface area contributed by atoms with Crippen LogP contribution in [0, 0.1) is 0 Å². The van der Waals surface area contributed by atoms with E-state index in [-0.39, 0.29) is 0 Å². The first kappa shape index (κ1) is 19.0. The van der Waals surface area contributed by atoms with Crippen molar-refractivity contribution in [1.29, 1.82) is 0 Å². The van der Waals surface area contributed by atoms with E-state index in [1.54, 1.807) is 37.3 Å². The normalized spacial score (nSPS) is 24.7. The highest BCUT2D eigenvalue weighted by molar-refractivity contribution is 5.89. The number of esters is 1. The number of methoxy groups -OCH3 is 1. The molecule has 27 heavy (non-hydrogen) atoms. The fourth-order valence-corrected chi connectivity index (χ4v) is 2.90. The average Bonchev–Trinajstić information content (AvgIpc) is 2.99. The summed E-state index contributed by atoms with van der Waals surface area (Å²) >= 11 is 0. The van der Waals surface area contributed by atoms with Gasteiger partial charge < -0.3 is 18.9 Å². The van der Waals surface area contributed by atoms with Crippen molar-refractivity contribution >= 4 is 5.97 Å². The van der Waals surface area contributed by atoms with Gasteiger partial charge in [0.25, 0.3) is 5.56 Å². The first-order chi connectivity index (χ1) is 13.0. The summed E-state index contributed by atoms with van der Waals surface area (Å²) < 4.78 is 23.5. The highest BCUT2D eigenvalue weighted by Gasteiger charge is 2.49. The molecule has 0 radical (unpaired) electrons. The molecule has 4 atom stereocenters. The van der Waals surface area contributed by atoms with Crippen LogP contribution >= 0.6 is 0 Å². The molecule has 2 aromatic rings. The Kier molecular flexibility index (Phi) is 5.84. The smallest absolute Gasteiger partial charge is 0.338 e. The summed E-state index contributed by atoms with van der Waals surface area (Å²) in [6.45, 7) is 2.06. The number of nitrogens with zero attached hydrogens (tertiary/aromatic N) is 1. The van der Waals surface area contributed by atoms with Crippen molar-refractivity contribution in [2.75, 3.05) is 13.7 Å². The SMILES string of the molecule is CCO[C@H]1O[C@@H](n2ccc(=O)[nH]c2=O)C(OC)[C@H]1OC(=O)c1ccccc1. The number of ether oxygens (including phenoxy) is 4. The van der Waals surface area contributed by atoms with Gasteiger partial charge in [-0.1, -0.05) is 18.2 Å². The number of nitrogens with one attached hydrogen (secondary N) is 1. The molecular weight excluding hydrogens is 356 g/mol. The summed E-state index contributed by atoms with van der Waals surface area (Å²) in [6.07, 6.45) is -2.31. The minimum Gasteiger partial charge on any atom is -0.450 e. The lowest BCUT2D eigenvalue weighted by atomic mass is 10.2. The molecule has 0 spiro atoms. The summed E-state index contributed by atoms with van der Waals surface area (Å²) in [5.74, 6) is -0.564. The Hall–Kier alpha value is -2.75. The molecule has 0 amide bonds. The molecule has 1 aliphatic rings. The summed E-state index contributed by atoms with van der Waals surface area (Å²) in [7, 11) is 1.41. The second-order valence-corrected chi connectivity index (χ2v) is 5.80. The van der Waals surface area contributed by atoms with Gasteiger partial charge in [-0.05, 0) is 19.1 Å². The van der Waals surface area contributed by atoms with Gasteiger partial charge in [0, 0.05) is 26.0 Å². The maximum Gasteiger partial charge on any atom is 0.338 e. The van der Waals surface area contributed by atoms with Crippen molar-refractivity contribution in [3.8, 4) is 0 Å². The number of aromatic amines is 1. The molecule has 0 aliphatic carbocycles. The van der Waals surface area contributed by atoms with Gasteiger partial charge in [0.1, 0.15) is 6.10 Å². The molecule has 1 aromatic carbocycles. The third-order valence-corrected chi connectivity index (χ3v) is 4.13. The van der Waals surface area contributed by atoms with Crippen molar-refractivity contribution in [1.82, 2.24) is 9.55 Å². The zero-order valence-electron chi connectivity index (χ0n) is 14.9. The van der Waals surface area contributed by atoms with Crippen LogP contribution in [0.3, 0.4) is 0 Å². The van der Waals surface area contributed by atoms with Gasteiger partial charge in [-0.25, -0.2) is 9.59 Å². The molecule has 1 aromatic heterocycles. The van der Waals surface area contributed by atoms with Crippen molar-refractivity contribution in [2.24, 2.45) is 0 Å². The minimum atomic E-state index is -0.940. The third kappa shape index (κ3) is 4.00. The molecule has 9 heteroatoms. The zero-order valence-corrected chi connectivity index (χ0v) is 14.9. The van der Waals surface area contributed by atoms with E-state index >= 15 is 0 Å². The summed E-state index contributed by atoms with van der Waals surface area (Å²) in [5, 5.41) is 0. The maximum atomic E-state index is 12.5. The van der Waals surface area contributed by atoms with E-state index in [1.165, 1.54) is 19.4 Å². The predicted molar refractivity (Wildman–Crippen MR) is 93.3 cm³/mol. The Labute approximate surface area is 154 Å². The van der Waals surface area contributed by atoms with Crippen LogP contribution in [0.2, 0.25) is 0 Å². The van der Waals surface area contributed by atoms with Gasteiger partial charge in [-0.3, -0.25) is 14.3 Å². The van der Waals surface area contributed by atoms with Crippen molar-refractivity contribution in [3.63, 3.8) is 0 Å². The Morgan fingerprint density at radius 2 is 1.93 bits per heavy atom. The molecule has 1 saturated heterocycles. The molecule has 1 unspecified atom stereocenters. The van der Waals surface area contributed by atoms with Gasteiger partial charge in [0.15, 0.2) is 18.6 Å². The van der Waals surface area contributed by atoms with Crippen molar-refractivity contribution in [3.05, 3.63) is 69.0 Å². The average molecular weight is 376 g/mol. The number of rotatable bonds is 6. The molecule has 1 fully saturated rings. The molecular formula is C18H20N2O7. The zero-order chi connectivity index (χ0) is 19.4. The second-order valence-electron chi connectivity index (χ2n) is 5.80. The van der Waals surface area contributed by atoms with E-state index in [0.29, 0.717) is 12.2 Å². The van der Waals surface area contributed by atoms with E-state index in [4.69, 9.17) is 18.9 Å². The van der Waals surface area contributed by atoms with Crippen LogP contribution in [-0.2, 0) is 18.9 Å². The van der Waals surface area contributed by atoms with Gasteiger partial charge in [0.2, 0.25) is 0 Å². The van der Waals surface area contributed by atoms with E-state index in [2.05, 4.69) is 4.98 Å². The van der Waals surface area contributed by atoms with E-state index in [0.717, 1.165) is 4.57 Å². The van der Waals surface area contributed by atoms with Gasteiger partial charge in [-0.15, -0.1) is 0 Å². The molecule has 144 valence electrons. The lowest BCUT2D eigenvalue weighted by molar-refractivity contribution is -0.175. The van der Waals surface area contributed by atoms with Crippen LogP contribution in [0.1, 0.15) is 23.5 Å². The lowest BCUT2D eigenvalue weighted by Crippen LogP contribution is -2.41. The fourth-order valence-electron chi connectivity index (χ4n) is 2.90. The highest BCUT2D eigenvalue weighted by atomic mass is 16.7. The number of benzene rings is 1. The van der Waals surface area contributed by atoms with Crippen LogP contribution in [0.25, 0.3) is 0 Å². The number of H-pyrrole nitrogens is 1. The van der Waals surface area contributed by atoms with Crippen LogP contribution in [0.4, 0.5) is 0 Å². The Morgan fingerprint density at radius 1 is 1.19 bits per heavy atom. The van der Waals surface area contributed by atoms with E-state index in [1.807, 2.05) is 0 Å². The molecule has 0 saturated carbocycles. The standard InChI is InChI=1S/C18H20N2O7/c1-3-25-17-14(26-16(22)11-7-5-4-6-8-11)13(24-2)15(27-17)20-10-9-12(21)19-18(20)23/h4-10,13-15,17H,3H2,1-2H3,(H,19,21,23)/t13?,14-,15-,17+/m1/s1. The Balaban J connectivity index is 1.89. The highest BCUT2D eigenvalue weighted by Crippen LogP contribution is 2.33. The van der Waals surface area contributed by atoms with E-state index in [9.17, 15) is 14.4 Å². The molecule has 1 N–H and O–H groups in total. The summed E-state index contributed by atoms with van der Waals surface area (Å²) in [4.78, 5) is 38.1.